The number of halogens is 2. The summed E-state index contributed by atoms with van der Waals surface area (Å²) in [6.45, 7) is 2.28. The highest BCUT2D eigenvalue weighted by Gasteiger charge is 2.16. The number of hydrogen-bond acceptors (Lipinski definition) is 3. The molecule has 21 heavy (non-hydrogen) atoms. The van der Waals surface area contributed by atoms with Crippen LogP contribution in [0.4, 0.5) is 0 Å². The van der Waals surface area contributed by atoms with E-state index in [9.17, 15) is 5.11 Å². The number of nitrogens with zero attached hydrogens (tertiary/aromatic N) is 2. The molecule has 1 aromatic carbocycles. The molecule has 1 heterocycles. The summed E-state index contributed by atoms with van der Waals surface area (Å²) in [6, 6.07) is 7.08. The van der Waals surface area contributed by atoms with Crippen LogP contribution in [-0.4, -0.2) is 27.6 Å². The summed E-state index contributed by atoms with van der Waals surface area (Å²) < 4.78 is 8.32. The van der Waals surface area contributed by atoms with Gasteiger partial charge < -0.3 is 9.84 Å². The number of aromatic nitrogens is 2. The van der Waals surface area contributed by atoms with Crippen LogP contribution in [-0.2, 0) is 19.9 Å². The maximum absolute atomic E-state index is 10.1. The Hall–Kier alpha value is -1.04. The van der Waals surface area contributed by atoms with E-state index in [1.165, 1.54) is 0 Å². The van der Waals surface area contributed by atoms with Crippen LogP contribution in [0.25, 0.3) is 0 Å². The summed E-state index contributed by atoms with van der Waals surface area (Å²) in [7, 11) is 1.88. The molecule has 0 spiro atoms. The topological polar surface area (TPSA) is 47.3 Å². The van der Waals surface area contributed by atoms with Crippen LogP contribution in [0.1, 0.15) is 18.3 Å². The monoisotopic (exact) mass is 372 g/mol. The van der Waals surface area contributed by atoms with Crippen LogP contribution in [0.15, 0.2) is 28.7 Å². The number of benzene rings is 1. The lowest BCUT2D eigenvalue weighted by Gasteiger charge is -2.13. The zero-order valence-corrected chi connectivity index (χ0v) is 14.4. The second kappa shape index (κ2) is 7.29. The third-order valence-electron chi connectivity index (χ3n) is 3.19. The summed E-state index contributed by atoms with van der Waals surface area (Å²) >= 11 is 9.36. The van der Waals surface area contributed by atoms with Crippen LogP contribution >= 0.6 is 27.5 Å². The van der Waals surface area contributed by atoms with Crippen LogP contribution in [0.2, 0.25) is 5.02 Å². The van der Waals surface area contributed by atoms with Gasteiger partial charge in [-0.1, -0.05) is 18.5 Å². The van der Waals surface area contributed by atoms with Crippen molar-refractivity contribution in [3.63, 3.8) is 0 Å². The van der Waals surface area contributed by atoms with Crippen molar-refractivity contribution >= 4 is 27.5 Å². The Bertz CT molecular complexity index is 598. The second-order valence-electron chi connectivity index (χ2n) is 4.81. The minimum atomic E-state index is -0.600. The smallest absolute Gasteiger partial charge is 0.119 e. The van der Waals surface area contributed by atoms with Crippen molar-refractivity contribution in [2.75, 3.05) is 6.61 Å². The molecule has 0 radical (unpaired) electrons. The third kappa shape index (κ3) is 4.22. The lowest BCUT2D eigenvalue weighted by Crippen LogP contribution is -2.21. The molecular weight excluding hydrogens is 356 g/mol. The summed E-state index contributed by atoms with van der Waals surface area (Å²) in [5.41, 5.74) is 1.97. The van der Waals surface area contributed by atoms with E-state index in [4.69, 9.17) is 16.3 Å². The number of aryl methyl sites for hydroxylation is 2. The zero-order chi connectivity index (χ0) is 15.4. The average molecular weight is 374 g/mol. The number of rotatable bonds is 6. The fraction of sp³-hybridized carbons (Fsp3) is 0.400. The van der Waals surface area contributed by atoms with E-state index >= 15 is 0 Å². The molecule has 0 aliphatic carbocycles. The normalized spacial score (nSPS) is 12.4. The Balaban J connectivity index is 1.94. The highest BCUT2D eigenvalue weighted by atomic mass is 79.9. The molecule has 0 bridgehead atoms. The molecule has 4 nitrogen and oxygen atoms in total. The summed E-state index contributed by atoms with van der Waals surface area (Å²) in [6.07, 6.45) is 0.737. The van der Waals surface area contributed by atoms with Gasteiger partial charge in [0.05, 0.1) is 22.0 Å². The van der Waals surface area contributed by atoms with Crippen molar-refractivity contribution in [1.29, 1.82) is 0 Å². The van der Waals surface area contributed by atoms with E-state index in [0.717, 1.165) is 22.3 Å². The largest absolute Gasteiger partial charge is 0.491 e. The van der Waals surface area contributed by atoms with Gasteiger partial charge in [0.1, 0.15) is 12.4 Å². The van der Waals surface area contributed by atoms with Gasteiger partial charge in [0.2, 0.25) is 0 Å². The molecule has 1 aromatic heterocycles. The minimum Gasteiger partial charge on any atom is -0.491 e. The van der Waals surface area contributed by atoms with E-state index in [-0.39, 0.29) is 6.61 Å². The van der Waals surface area contributed by atoms with Crippen LogP contribution in [0.3, 0.4) is 0 Å². The first kappa shape index (κ1) is 16.3. The van der Waals surface area contributed by atoms with Crippen molar-refractivity contribution in [2.45, 2.75) is 25.9 Å². The summed E-state index contributed by atoms with van der Waals surface area (Å²) in [5.74, 6) is 0.691. The number of aliphatic hydroxyl groups excluding tert-OH is 1. The van der Waals surface area contributed by atoms with Gasteiger partial charge in [0.25, 0.3) is 0 Å². The van der Waals surface area contributed by atoms with Gasteiger partial charge in [-0.25, -0.2) is 0 Å². The van der Waals surface area contributed by atoms with E-state index in [2.05, 4.69) is 28.0 Å². The molecule has 0 aliphatic heterocycles. The molecule has 2 rings (SSSR count). The molecule has 0 aliphatic rings. The number of hydrogen-bond donors (Lipinski definition) is 1. The van der Waals surface area contributed by atoms with Gasteiger partial charge in [0.15, 0.2) is 0 Å². The summed E-state index contributed by atoms with van der Waals surface area (Å²) in [5, 5.41) is 15.2. The van der Waals surface area contributed by atoms with Crippen molar-refractivity contribution in [3.05, 3.63) is 45.1 Å². The molecule has 114 valence electrons. The zero-order valence-electron chi connectivity index (χ0n) is 12.0. The van der Waals surface area contributed by atoms with Gasteiger partial charge >= 0.3 is 0 Å². The summed E-state index contributed by atoms with van der Waals surface area (Å²) in [4.78, 5) is 0. The van der Waals surface area contributed by atoms with Gasteiger partial charge in [-0.2, -0.15) is 5.10 Å². The molecule has 6 heteroatoms. The SMILES string of the molecule is CCc1nn(C)c(CC(O)COc2ccc(Cl)cc2)c1Br. The molecule has 1 unspecified atom stereocenters. The first-order valence-corrected chi connectivity index (χ1v) is 7.95. The van der Waals surface area contributed by atoms with Crippen molar-refractivity contribution < 1.29 is 9.84 Å². The maximum Gasteiger partial charge on any atom is 0.119 e. The fourth-order valence-corrected chi connectivity index (χ4v) is 2.95. The van der Waals surface area contributed by atoms with E-state index in [0.29, 0.717) is 17.2 Å². The molecule has 2 aromatic rings. The van der Waals surface area contributed by atoms with Crippen LogP contribution < -0.4 is 4.74 Å². The molecule has 0 amide bonds. The number of aliphatic hydroxyl groups is 1. The quantitative estimate of drug-likeness (QED) is 0.844. The highest BCUT2D eigenvalue weighted by molar-refractivity contribution is 9.10. The van der Waals surface area contributed by atoms with E-state index < -0.39 is 6.10 Å². The lowest BCUT2D eigenvalue weighted by molar-refractivity contribution is 0.106. The Morgan fingerprint density at radius 3 is 2.62 bits per heavy atom. The lowest BCUT2D eigenvalue weighted by atomic mass is 10.2. The van der Waals surface area contributed by atoms with Gasteiger partial charge in [-0.3, -0.25) is 4.68 Å². The first-order chi connectivity index (χ1) is 10.0. The van der Waals surface area contributed by atoms with Gasteiger partial charge in [0, 0.05) is 18.5 Å². The first-order valence-electron chi connectivity index (χ1n) is 6.78. The van der Waals surface area contributed by atoms with E-state index in [1.54, 1.807) is 28.9 Å². The molecule has 1 N–H and O–H groups in total. The van der Waals surface area contributed by atoms with Crippen molar-refractivity contribution in [3.8, 4) is 5.75 Å². The van der Waals surface area contributed by atoms with Crippen molar-refractivity contribution in [2.24, 2.45) is 7.05 Å². The Kier molecular flexibility index (Phi) is 5.67. The molecular formula is C15H18BrClN2O2. The van der Waals surface area contributed by atoms with E-state index in [1.807, 2.05) is 7.05 Å². The molecule has 1 atom stereocenters. The second-order valence-corrected chi connectivity index (χ2v) is 6.04. The van der Waals surface area contributed by atoms with Gasteiger partial charge in [-0.15, -0.1) is 0 Å². The standard InChI is InChI=1S/C15H18BrClN2O2/c1-3-13-15(16)14(19(2)18-13)8-11(20)9-21-12-6-4-10(17)5-7-12/h4-7,11,20H,3,8-9H2,1-2H3. The highest BCUT2D eigenvalue weighted by Crippen LogP contribution is 2.23. The van der Waals surface area contributed by atoms with Gasteiger partial charge in [-0.05, 0) is 46.6 Å². The van der Waals surface area contributed by atoms with Crippen LogP contribution in [0, 0.1) is 0 Å². The Labute approximate surface area is 137 Å². The van der Waals surface area contributed by atoms with Crippen LogP contribution in [0.5, 0.6) is 5.75 Å². The minimum absolute atomic E-state index is 0.223. The predicted molar refractivity (Wildman–Crippen MR) is 86.9 cm³/mol. The molecule has 0 saturated carbocycles. The molecule has 0 fully saturated rings. The fourth-order valence-electron chi connectivity index (χ4n) is 2.05. The average Bonchev–Trinajstić information content (AvgIpc) is 2.74. The predicted octanol–water partition coefficient (Wildman–Crippen LogP) is 3.38. The Morgan fingerprint density at radius 1 is 1.38 bits per heavy atom. The maximum atomic E-state index is 10.1. The number of ether oxygens (including phenoxy) is 1. The third-order valence-corrected chi connectivity index (χ3v) is 4.36. The van der Waals surface area contributed by atoms with Crippen molar-refractivity contribution in [1.82, 2.24) is 9.78 Å². The Morgan fingerprint density at radius 2 is 2.05 bits per heavy atom. The molecule has 0 saturated heterocycles.